The van der Waals surface area contributed by atoms with Gasteiger partial charge in [-0.3, -0.25) is 14.5 Å². The normalized spacial score (nSPS) is 14.8. The zero-order valence-corrected chi connectivity index (χ0v) is 18.7. The van der Waals surface area contributed by atoms with E-state index in [1.165, 1.54) is 5.56 Å². The molecule has 1 aliphatic heterocycles. The summed E-state index contributed by atoms with van der Waals surface area (Å²) in [5, 5.41) is 5.74. The summed E-state index contributed by atoms with van der Waals surface area (Å²) in [6.07, 6.45) is 0.222. The number of carbonyl (C=O) groups excluding carboxylic acids is 2. The fourth-order valence-electron chi connectivity index (χ4n) is 3.50. The van der Waals surface area contributed by atoms with Crippen LogP contribution in [0.1, 0.15) is 48.7 Å². The number of rotatable bonds is 7. The van der Waals surface area contributed by atoms with E-state index in [0.717, 1.165) is 44.1 Å². The van der Waals surface area contributed by atoms with Crippen LogP contribution in [0, 0.1) is 0 Å². The Morgan fingerprint density at radius 1 is 1.03 bits per heavy atom. The zero-order valence-electron chi connectivity index (χ0n) is 18.7. The largest absolute Gasteiger partial charge is 0.379 e. The van der Waals surface area contributed by atoms with Crippen LogP contribution >= 0.6 is 0 Å². The minimum atomic E-state index is -0.166. The van der Waals surface area contributed by atoms with Crippen molar-refractivity contribution in [2.45, 2.75) is 39.2 Å². The molecule has 6 heteroatoms. The van der Waals surface area contributed by atoms with Gasteiger partial charge in [-0.2, -0.15) is 0 Å². The predicted octanol–water partition coefficient (Wildman–Crippen LogP) is 3.57. The van der Waals surface area contributed by atoms with Crippen LogP contribution in [-0.2, 0) is 21.5 Å². The highest BCUT2D eigenvalue weighted by molar-refractivity contribution is 5.95. The lowest BCUT2D eigenvalue weighted by molar-refractivity contribution is -0.116. The monoisotopic (exact) mass is 423 g/mol. The van der Waals surface area contributed by atoms with Gasteiger partial charge in [-0.1, -0.05) is 45.0 Å². The van der Waals surface area contributed by atoms with Gasteiger partial charge in [0.1, 0.15) is 0 Å². The maximum Gasteiger partial charge on any atom is 0.251 e. The Hall–Kier alpha value is -2.70. The molecular formula is C25H33N3O3. The van der Waals surface area contributed by atoms with Gasteiger partial charge in [-0.05, 0) is 40.8 Å². The molecule has 166 valence electrons. The van der Waals surface area contributed by atoms with Crippen LogP contribution < -0.4 is 10.6 Å². The molecule has 0 aliphatic carbocycles. The molecule has 1 saturated heterocycles. The first-order valence-corrected chi connectivity index (χ1v) is 10.9. The Bertz CT molecular complexity index is 882. The Morgan fingerprint density at radius 3 is 2.42 bits per heavy atom. The van der Waals surface area contributed by atoms with Gasteiger partial charge in [0.25, 0.3) is 5.91 Å². The van der Waals surface area contributed by atoms with E-state index in [4.69, 9.17) is 4.74 Å². The predicted molar refractivity (Wildman–Crippen MR) is 123 cm³/mol. The number of ether oxygens (including phenoxy) is 1. The van der Waals surface area contributed by atoms with Crippen molar-refractivity contribution in [3.05, 3.63) is 65.2 Å². The van der Waals surface area contributed by atoms with Crippen LogP contribution in [0.5, 0.6) is 0 Å². The summed E-state index contributed by atoms with van der Waals surface area (Å²) in [7, 11) is 0. The van der Waals surface area contributed by atoms with Crippen molar-refractivity contribution in [2.75, 3.05) is 38.2 Å². The standard InChI is InChI=1S/C25H33N3O3/c1-25(2,3)21-9-7-20(8-10-21)24(30)26-12-11-23(29)27-22-6-4-5-19(17-22)18-28-13-15-31-16-14-28/h4-10,17H,11-16,18H2,1-3H3,(H,26,30)(H,27,29). The van der Waals surface area contributed by atoms with Crippen molar-refractivity contribution >= 4 is 17.5 Å². The van der Waals surface area contributed by atoms with Crippen molar-refractivity contribution in [1.82, 2.24) is 10.2 Å². The molecule has 0 radical (unpaired) electrons. The summed E-state index contributed by atoms with van der Waals surface area (Å²) in [6, 6.07) is 15.5. The quantitative estimate of drug-likeness (QED) is 0.714. The SMILES string of the molecule is CC(C)(C)c1ccc(C(=O)NCCC(=O)Nc2cccc(CN3CCOCC3)c2)cc1. The number of carbonyl (C=O) groups is 2. The van der Waals surface area contributed by atoms with E-state index < -0.39 is 0 Å². The fraction of sp³-hybridized carbons (Fsp3) is 0.440. The minimum absolute atomic E-state index is 0.0482. The first kappa shape index (κ1) is 23.0. The molecule has 0 atom stereocenters. The highest BCUT2D eigenvalue weighted by atomic mass is 16.5. The van der Waals surface area contributed by atoms with Gasteiger partial charge < -0.3 is 15.4 Å². The number of amides is 2. The Morgan fingerprint density at radius 2 is 1.74 bits per heavy atom. The molecule has 0 saturated carbocycles. The van der Waals surface area contributed by atoms with Crippen LogP contribution in [0.3, 0.4) is 0 Å². The molecule has 0 unspecified atom stereocenters. The van der Waals surface area contributed by atoms with Crippen molar-refractivity contribution in [2.24, 2.45) is 0 Å². The second kappa shape index (κ2) is 10.6. The highest BCUT2D eigenvalue weighted by Crippen LogP contribution is 2.22. The third-order valence-corrected chi connectivity index (χ3v) is 5.37. The molecular weight excluding hydrogens is 390 g/mol. The van der Waals surface area contributed by atoms with Gasteiger partial charge in [-0.25, -0.2) is 0 Å². The van der Waals surface area contributed by atoms with Crippen molar-refractivity contribution in [3.63, 3.8) is 0 Å². The molecule has 31 heavy (non-hydrogen) atoms. The molecule has 2 amide bonds. The number of nitrogens with one attached hydrogen (secondary N) is 2. The average molecular weight is 424 g/mol. The summed E-state index contributed by atoms with van der Waals surface area (Å²) in [5.41, 5.74) is 3.77. The second-order valence-corrected chi connectivity index (χ2v) is 8.97. The van der Waals surface area contributed by atoms with Crippen molar-refractivity contribution < 1.29 is 14.3 Å². The summed E-state index contributed by atoms with van der Waals surface area (Å²) < 4.78 is 5.39. The van der Waals surface area contributed by atoms with Gasteiger partial charge >= 0.3 is 0 Å². The molecule has 0 spiro atoms. The summed E-state index contributed by atoms with van der Waals surface area (Å²) in [6.45, 7) is 10.9. The molecule has 2 N–H and O–H groups in total. The second-order valence-electron chi connectivity index (χ2n) is 8.97. The van der Waals surface area contributed by atoms with Crippen LogP contribution in [0.4, 0.5) is 5.69 Å². The summed E-state index contributed by atoms with van der Waals surface area (Å²) >= 11 is 0. The van der Waals surface area contributed by atoms with Crippen LogP contribution in [-0.4, -0.2) is 49.6 Å². The molecule has 3 rings (SSSR count). The number of benzene rings is 2. The van der Waals surface area contributed by atoms with E-state index >= 15 is 0 Å². The molecule has 1 aliphatic rings. The topological polar surface area (TPSA) is 70.7 Å². The van der Waals surface area contributed by atoms with Gasteiger partial charge in [0.15, 0.2) is 0 Å². The lowest BCUT2D eigenvalue weighted by atomic mass is 9.87. The van der Waals surface area contributed by atoms with E-state index in [-0.39, 0.29) is 23.7 Å². The molecule has 6 nitrogen and oxygen atoms in total. The van der Waals surface area contributed by atoms with Crippen LogP contribution in [0.15, 0.2) is 48.5 Å². The molecule has 2 aromatic rings. The first-order valence-electron chi connectivity index (χ1n) is 10.9. The number of hydrogen-bond acceptors (Lipinski definition) is 4. The Labute approximate surface area is 185 Å². The molecule has 2 aromatic carbocycles. The van der Waals surface area contributed by atoms with E-state index in [1.54, 1.807) is 0 Å². The van der Waals surface area contributed by atoms with Crippen LogP contribution in [0.25, 0.3) is 0 Å². The minimum Gasteiger partial charge on any atom is -0.379 e. The third-order valence-electron chi connectivity index (χ3n) is 5.37. The van der Waals surface area contributed by atoms with Crippen molar-refractivity contribution in [1.29, 1.82) is 0 Å². The Balaban J connectivity index is 1.43. The molecule has 0 bridgehead atoms. The number of anilines is 1. The molecule has 1 fully saturated rings. The van der Waals surface area contributed by atoms with E-state index in [9.17, 15) is 9.59 Å². The lowest BCUT2D eigenvalue weighted by Gasteiger charge is -2.26. The highest BCUT2D eigenvalue weighted by Gasteiger charge is 2.15. The summed E-state index contributed by atoms with van der Waals surface area (Å²) in [5.74, 6) is -0.285. The first-order chi connectivity index (χ1) is 14.8. The lowest BCUT2D eigenvalue weighted by Crippen LogP contribution is -2.35. The number of morpholine rings is 1. The average Bonchev–Trinajstić information content (AvgIpc) is 2.74. The number of hydrogen-bond donors (Lipinski definition) is 2. The van der Waals surface area contributed by atoms with Gasteiger partial charge in [-0.15, -0.1) is 0 Å². The third kappa shape index (κ3) is 7.19. The van der Waals surface area contributed by atoms with E-state index in [2.05, 4.69) is 42.4 Å². The smallest absolute Gasteiger partial charge is 0.251 e. The van der Waals surface area contributed by atoms with Gasteiger partial charge in [0, 0.05) is 43.9 Å². The Kier molecular flexibility index (Phi) is 7.82. The molecule has 1 heterocycles. The number of nitrogens with zero attached hydrogens (tertiary/aromatic N) is 1. The van der Waals surface area contributed by atoms with Gasteiger partial charge in [0.2, 0.25) is 5.91 Å². The zero-order chi connectivity index (χ0) is 22.3. The maximum atomic E-state index is 12.3. The van der Waals surface area contributed by atoms with E-state index in [1.807, 2.05) is 42.5 Å². The maximum absolute atomic E-state index is 12.3. The fourth-order valence-corrected chi connectivity index (χ4v) is 3.50. The van der Waals surface area contributed by atoms with Crippen LogP contribution in [0.2, 0.25) is 0 Å². The van der Waals surface area contributed by atoms with Crippen molar-refractivity contribution in [3.8, 4) is 0 Å². The summed E-state index contributed by atoms with van der Waals surface area (Å²) in [4.78, 5) is 27.0. The molecule has 0 aromatic heterocycles. The van der Waals surface area contributed by atoms with Gasteiger partial charge in [0.05, 0.1) is 13.2 Å². The van der Waals surface area contributed by atoms with E-state index in [0.29, 0.717) is 12.1 Å².